The summed E-state index contributed by atoms with van der Waals surface area (Å²) in [4.78, 5) is 22.5. The largest absolute Gasteiger partial charge is 0.353 e. The molecule has 0 heterocycles. The van der Waals surface area contributed by atoms with Crippen LogP contribution in [-0.4, -0.2) is 69.2 Å². The predicted octanol–water partition coefficient (Wildman–Crippen LogP) is -0.861. The first-order valence-electron chi connectivity index (χ1n) is 5.86. The zero-order valence-electron chi connectivity index (χ0n) is 11.4. The SMILES string of the molecule is C#CCNCC(=O)NCCOP(O)OCCN(C)C. The minimum absolute atomic E-state index is 0.164. The standard InChI is InChI=1S/C11H22N3O4P/c1-4-5-12-10-11(15)13-6-8-17-19(16)18-9-7-14(2)3/h1,12,16H,5-10H2,2-3H3,(H,13,15). The van der Waals surface area contributed by atoms with E-state index in [0.29, 0.717) is 26.2 Å². The lowest BCUT2D eigenvalue weighted by Crippen LogP contribution is -2.35. The van der Waals surface area contributed by atoms with E-state index in [9.17, 15) is 9.69 Å². The molecule has 0 aliphatic rings. The van der Waals surface area contributed by atoms with Gasteiger partial charge in [0.05, 0.1) is 26.3 Å². The fourth-order valence-corrected chi connectivity index (χ4v) is 1.52. The van der Waals surface area contributed by atoms with Crippen LogP contribution < -0.4 is 10.6 Å². The fraction of sp³-hybridized carbons (Fsp3) is 0.727. The Balaban J connectivity index is 3.37. The van der Waals surface area contributed by atoms with Gasteiger partial charge in [0.2, 0.25) is 5.91 Å². The van der Waals surface area contributed by atoms with Crippen molar-refractivity contribution >= 4 is 14.5 Å². The first kappa shape index (κ1) is 18.3. The maximum Gasteiger partial charge on any atom is 0.329 e. The maximum atomic E-state index is 11.2. The molecule has 0 aromatic carbocycles. The monoisotopic (exact) mass is 291 g/mol. The van der Waals surface area contributed by atoms with Crippen LogP contribution in [0.15, 0.2) is 0 Å². The summed E-state index contributed by atoms with van der Waals surface area (Å²) >= 11 is 0. The Morgan fingerprint density at radius 1 is 1.42 bits per heavy atom. The molecule has 7 nitrogen and oxygen atoms in total. The van der Waals surface area contributed by atoms with Crippen molar-refractivity contribution in [2.45, 2.75) is 0 Å². The number of amides is 1. The molecule has 0 radical (unpaired) electrons. The molecule has 0 saturated heterocycles. The third kappa shape index (κ3) is 13.5. The van der Waals surface area contributed by atoms with Gasteiger partial charge in [-0.3, -0.25) is 10.1 Å². The van der Waals surface area contributed by atoms with Gasteiger partial charge in [-0.1, -0.05) is 5.92 Å². The number of hydrogen-bond donors (Lipinski definition) is 3. The van der Waals surface area contributed by atoms with Gasteiger partial charge in [0.1, 0.15) is 0 Å². The topological polar surface area (TPSA) is 83.1 Å². The zero-order chi connectivity index (χ0) is 14.5. The number of likely N-dealkylation sites (N-methyl/N-ethyl adjacent to an activating group) is 1. The van der Waals surface area contributed by atoms with Gasteiger partial charge in [0.25, 0.3) is 0 Å². The van der Waals surface area contributed by atoms with Gasteiger partial charge in [-0.05, 0) is 14.1 Å². The van der Waals surface area contributed by atoms with E-state index in [4.69, 9.17) is 15.5 Å². The molecular formula is C11H22N3O4P. The van der Waals surface area contributed by atoms with Gasteiger partial charge < -0.3 is 24.2 Å². The van der Waals surface area contributed by atoms with E-state index in [1.165, 1.54) is 0 Å². The second kappa shape index (κ2) is 12.3. The molecule has 0 aromatic rings. The van der Waals surface area contributed by atoms with Crippen LogP contribution in [0.1, 0.15) is 0 Å². The number of hydrogen-bond acceptors (Lipinski definition) is 6. The molecule has 0 rings (SSSR count). The van der Waals surface area contributed by atoms with Crippen molar-refractivity contribution in [2.24, 2.45) is 0 Å². The van der Waals surface area contributed by atoms with Crippen molar-refractivity contribution < 1.29 is 18.7 Å². The van der Waals surface area contributed by atoms with E-state index in [-0.39, 0.29) is 19.1 Å². The number of carbonyl (C=O) groups is 1. The van der Waals surface area contributed by atoms with Crippen LogP contribution in [0.4, 0.5) is 0 Å². The molecule has 19 heavy (non-hydrogen) atoms. The van der Waals surface area contributed by atoms with E-state index < -0.39 is 8.60 Å². The molecule has 0 bridgehead atoms. The molecule has 0 aliphatic heterocycles. The van der Waals surface area contributed by atoms with Crippen molar-refractivity contribution in [2.75, 3.05) is 53.5 Å². The molecule has 8 heteroatoms. The van der Waals surface area contributed by atoms with E-state index >= 15 is 0 Å². The van der Waals surface area contributed by atoms with E-state index in [1.807, 2.05) is 19.0 Å². The van der Waals surface area contributed by atoms with Crippen LogP contribution >= 0.6 is 8.60 Å². The molecule has 0 fully saturated rings. The summed E-state index contributed by atoms with van der Waals surface area (Å²) in [5.74, 6) is 2.19. The van der Waals surface area contributed by atoms with Crippen LogP contribution in [-0.2, 0) is 13.8 Å². The predicted molar refractivity (Wildman–Crippen MR) is 74.3 cm³/mol. The van der Waals surface area contributed by atoms with E-state index in [1.54, 1.807) is 0 Å². The van der Waals surface area contributed by atoms with Gasteiger partial charge in [0.15, 0.2) is 0 Å². The summed E-state index contributed by atoms with van der Waals surface area (Å²) < 4.78 is 10.1. The van der Waals surface area contributed by atoms with Crippen molar-refractivity contribution in [1.29, 1.82) is 0 Å². The van der Waals surface area contributed by atoms with Crippen molar-refractivity contribution in [1.82, 2.24) is 15.5 Å². The molecule has 0 spiro atoms. The Morgan fingerprint density at radius 2 is 2.11 bits per heavy atom. The maximum absolute atomic E-state index is 11.2. The van der Waals surface area contributed by atoms with Crippen LogP contribution in [0.3, 0.4) is 0 Å². The zero-order valence-corrected chi connectivity index (χ0v) is 12.3. The second-order valence-corrected chi connectivity index (χ2v) is 4.86. The molecule has 3 N–H and O–H groups in total. The third-order valence-corrected chi connectivity index (χ3v) is 2.69. The number of nitrogens with one attached hydrogen (secondary N) is 2. The summed E-state index contributed by atoms with van der Waals surface area (Å²) in [7, 11) is 1.94. The lowest BCUT2D eigenvalue weighted by molar-refractivity contribution is -0.120. The highest BCUT2D eigenvalue weighted by molar-refractivity contribution is 7.40. The highest BCUT2D eigenvalue weighted by Crippen LogP contribution is 2.31. The third-order valence-electron chi connectivity index (χ3n) is 1.88. The average Bonchev–Trinajstić information content (AvgIpc) is 2.34. The van der Waals surface area contributed by atoms with E-state index in [2.05, 4.69) is 16.6 Å². The molecule has 1 atom stereocenters. The Hall–Kier alpha value is -0.740. The first-order chi connectivity index (χ1) is 9.06. The summed E-state index contributed by atoms with van der Waals surface area (Å²) in [6, 6.07) is 0. The summed E-state index contributed by atoms with van der Waals surface area (Å²) in [6.45, 7) is 2.14. The van der Waals surface area contributed by atoms with Crippen LogP contribution in [0.2, 0.25) is 0 Å². The lowest BCUT2D eigenvalue weighted by atomic mass is 10.5. The number of nitrogens with zero attached hydrogens (tertiary/aromatic N) is 1. The Bertz CT molecular complexity index is 284. The number of rotatable bonds is 11. The fourth-order valence-electron chi connectivity index (χ4n) is 0.964. The average molecular weight is 291 g/mol. The van der Waals surface area contributed by atoms with Crippen LogP contribution in [0, 0.1) is 12.3 Å². The van der Waals surface area contributed by atoms with Gasteiger partial charge in [-0.15, -0.1) is 6.42 Å². The summed E-state index contributed by atoms with van der Waals surface area (Å²) in [6.07, 6.45) is 5.02. The Morgan fingerprint density at radius 3 is 2.74 bits per heavy atom. The second-order valence-electron chi connectivity index (χ2n) is 3.87. The van der Waals surface area contributed by atoms with Gasteiger partial charge in [-0.25, -0.2) is 0 Å². The molecular weight excluding hydrogens is 269 g/mol. The summed E-state index contributed by atoms with van der Waals surface area (Å²) in [5.41, 5.74) is 0. The molecule has 0 saturated carbocycles. The lowest BCUT2D eigenvalue weighted by Gasteiger charge is -2.13. The highest BCUT2D eigenvalue weighted by atomic mass is 31.2. The van der Waals surface area contributed by atoms with Gasteiger partial charge >= 0.3 is 8.60 Å². The normalized spacial score (nSPS) is 12.2. The number of terminal acetylenes is 1. The van der Waals surface area contributed by atoms with Crippen molar-refractivity contribution in [3.8, 4) is 12.3 Å². The quantitative estimate of drug-likeness (QED) is 0.261. The Labute approximate surface area is 115 Å². The molecule has 0 aromatic heterocycles. The minimum Gasteiger partial charge on any atom is -0.353 e. The Kier molecular flexibility index (Phi) is 11.8. The molecule has 1 amide bonds. The van der Waals surface area contributed by atoms with Crippen molar-refractivity contribution in [3.63, 3.8) is 0 Å². The van der Waals surface area contributed by atoms with E-state index in [0.717, 1.165) is 0 Å². The van der Waals surface area contributed by atoms with Gasteiger partial charge in [-0.2, -0.15) is 0 Å². The molecule has 0 aliphatic carbocycles. The molecule has 110 valence electrons. The summed E-state index contributed by atoms with van der Waals surface area (Å²) in [5, 5.41) is 5.37. The highest BCUT2D eigenvalue weighted by Gasteiger charge is 2.07. The molecule has 1 unspecified atom stereocenters. The first-order valence-corrected chi connectivity index (χ1v) is 6.99. The smallest absolute Gasteiger partial charge is 0.329 e. The number of carbonyl (C=O) groups excluding carboxylic acids is 1. The van der Waals surface area contributed by atoms with Crippen LogP contribution in [0.5, 0.6) is 0 Å². The van der Waals surface area contributed by atoms with Crippen molar-refractivity contribution in [3.05, 3.63) is 0 Å². The van der Waals surface area contributed by atoms with Gasteiger partial charge in [0, 0.05) is 13.1 Å². The minimum atomic E-state index is -1.88. The van der Waals surface area contributed by atoms with Crippen LogP contribution in [0.25, 0.3) is 0 Å².